The maximum Gasteiger partial charge on any atom is 0.101 e. The van der Waals surface area contributed by atoms with Gasteiger partial charge in [0.15, 0.2) is 0 Å². The molecule has 18 heavy (non-hydrogen) atoms. The fourth-order valence-corrected chi connectivity index (χ4v) is 2.25. The number of aliphatic hydroxyl groups excluding tert-OH is 1. The number of nitriles is 1. The van der Waals surface area contributed by atoms with E-state index in [1.165, 1.54) is 12.8 Å². The Morgan fingerprint density at radius 2 is 2.17 bits per heavy atom. The molecule has 0 spiro atoms. The fourth-order valence-electron chi connectivity index (χ4n) is 2.25. The van der Waals surface area contributed by atoms with Crippen molar-refractivity contribution in [2.24, 2.45) is 5.92 Å². The maximum absolute atomic E-state index is 9.27. The van der Waals surface area contributed by atoms with Crippen LogP contribution in [0.3, 0.4) is 0 Å². The van der Waals surface area contributed by atoms with Crippen LogP contribution in [0.15, 0.2) is 18.2 Å². The van der Waals surface area contributed by atoms with Crippen LogP contribution in [0.25, 0.3) is 0 Å². The molecule has 1 N–H and O–H groups in total. The highest BCUT2D eigenvalue weighted by molar-refractivity contribution is 5.61. The second kappa shape index (κ2) is 5.41. The summed E-state index contributed by atoms with van der Waals surface area (Å²) in [5.41, 5.74) is 2.50. The van der Waals surface area contributed by atoms with Gasteiger partial charge in [-0.3, -0.25) is 0 Å². The molecule has 3 nitrogen and oxygen atoms in total. The number of hydrogen-bond donors (Lipinski definition) is 1. The van der Waals surface area contributed by atoms with Crippen molar-refractivity contribution < 1.29 is 5.11 Å². The van der Waals surface area contributed by atoms with Gasteiger partial charge in [-0.15, -0.1) is 0 Å². The van der Waals surface area contributed by atoms with Gasteiger partial charge in [0.1, 0.15) is 6.07 Å². The summed E-state index contributed by atoms with van der Waals surface area (Å²) in [6.07, 6.45) is 2.44. The van der Waals surface area contributed by atoms with Crippen LogP contribution in [0.1, 0.15) is 37.8 Å². The Hall–Kier alpha value is -1.53. The molecule has 0 aliphatic heterocycles. The number of rotatable bonds is 5. The summed E-state index contributed by atoms with van der Waals surface area (Å²) in [5.74, 6) is 0.578. The molecule has 0 heterocycles. The van der Waals surface area contributed by atoms with Gasteiger partial charge >= 0.3 is 0 Å². The summed E-state index contributed by atoms with van der Waals surface area (Å²) in [6.45, 7) is 5.37. The van der Waals surface area contributed by atoms with Crippen LogP contribution in [0, 0.1) is 17.2 Å². The minimum absolute atomic E-state index is 0.0113. The topological polar surface area (TPSA) is 47.3 Å². The normalized spacial score (nSPS) is 14.6. The van der Waals surface area contributed by atoms with Gasteiger partial charge in [0.05, 0.1) is 17.9 Å². The van der Waals surface area contributed by atoms with Gasteiger partial charge < -0.3 is 10.0 Å². The van der Waals surface area contributed by atoms with Crippen LogP contribution in [-0.2, 0) is 6.61 Å². The standard InChI is InChI=1S/C15H20N2O/c1-11(2)9-17(14-4-5-14)15-6-3-12(10-18)7-13(15)8-16/h3,6-7,11,14,18H,4-5,9-10H2,1-2H3. The van der Waals surface area contributed by atoms with Gasteiger partial charge in [-0.1, -0.05) is 19.9 Å². The van der Waals surface area contributed by atoms with Crippen LogP contribution in [0.4, 0.5) is 5.69 Å². The predicted octanol–water partition coefficient (Wildman–Crippen LogP) is 2.68. The summed E-state index contributed by atoms with van der Waals surface area (Å²) < 4.78 is 0. The summed E-state index contributed by atoms with van der Waals surface area (Å²) in [5, 5.41) is 18.4. The lowest BCUT2D eigenvalue weighted by Gasteiger charge is -2.27. The molecule has 3 heteroatoms. The first-order valence-electron chi connectivity index (χ1n) is 6.56. The molecule has 1 saturated carbocycles. The van der Waals surface area contributed by atoms with E-state index in [4.69, 9.17) is 5.11 Å². The number of nitrogens with zero attached hydrogens (tertiary/aromatic N) is 2. The largest absolute Gasteiger partial charge is 0.392 e. The molecule has 96 valence electrons. The Morgan fingerprint density at radius 1 is 1.44 bits per heavy atom. The monoisotopic (exact) mass is 244 g/mol. The van der Waals surface area contributed by atoms with Crippen LogP contribution < -0.4 is 4.90 Å². The lowest BCUT2D eigenvalue weighted by molar-refractivity contribution is 0.282. The highest BCUT2D eigenvalue weighted by atomic mass is 16.3. The number of hydrogen-bond acceptors (Lipinski definition) is 3. The van der Waals surface area contributed by atoms with Crippen molar-refractivity contribution in [2.75, 3.05) is 11.4 Å². The van der Waals surface area contributed by atoms with Crippen molar-refractivity contribution in [3.63, 3.8) is 0 Å². The predicted molar refractivity (Wildman–Crippen MR) is 72.3 cm³/mol. The van der Waals surface area contributed by atoms with E-state index in [1.807, 2.05) is 12.1 Å². The number of aliphatic hydroxyl groups is 1. The summed E-state index contributed by atoms with van der Waals surface area (Å²) in [6, 6.07) is 8.53. The first-order valence-corrected chi connectivity index (χ1v) is 6.56. The Bertz CT molecular complexity index is 458. The average molecular weight is 244 g/mol. The third kappa shape index (κ3) is 2.83. The average Bonchev–Trinajstić information content (AvgIpc) is 3.19. The van der Waals surface area contributed by atoms with Gasteiger partial charge in [-0.2, -0.15) is 5.26 Å². The molecule has 1 aliphatic rings. The molecule has 1 aliphatic carbocycles. The molecule has 0 saturated heterocycles. The summed E-state index contributed by atoms with van der Waals surface area (Å²) in [4.78, 5) is 2.35. The smallest absolute Gasteiger partial charge is 0.101 e. The van der Waals surface area contributed by atoms with Crippen molar-refractivity contribution in [1.82, 2.24) is 0 Å². The molecular formula is C15H20N2O. The van der Waals surface area contributed by atoms with Crippen LogP contribution >= 0.6 is 0 Å². The van der Waals surface area contributed by atoms with E-state index < -0.39 is 0 Å². The lowest BCUT2D eigenvalue weighted by atomic mass is 10.1. The van der Waals surface area contributed by atoms with Crippen molar-refractivity contribution >= 4 is 5.69 Å². The van der Waals surface area contributed by atoms with Crippen LogP contribution in [-0.4, -0.2) is 17.7 Å². The van der Waals surface area contributed by atoms with Crippen molar-refractivity contribution in [3.05, 3.63) is 29.3 Å². The SMILES string of the molecule is CC(C)CN(c1ccc(CO)cc1C#N)C1CC1. The molecule has 0 atom stereocenters. The fraction of sp³-hybridized carbons (Fsp3) is 0.533. The molecule has 1 fully saturated rings. The zero-order chi connectivity index (χ0) is 13.1. The van der Waals surface area contributed by atoms with Crippen molar-refractivity contribution in [1.29, 1.82) is 5.26 Å². The molecule has 0 aromatic heterocycles. The van der Waals surface area contributed by atoms with E-state index in [1.54, 1.807) is 6.07 Å². The Balaban J connectivity index is 2.32. The Morgan fingerprint density at radius 3 is 2.67 bits per heavy atom. The highest BCUT2D eigenvalue weighted by Crippen LogP contribution is 2.34. The third-order valence-electron chi connectivity index (χ3n) is 3.22. The minimum atomic E-state index is -0.0113. The van der Waals surface area contributed by atoms with Gasteiger partial charge in [0, 0.05) is 12.6 Å². The zero-order valence-corrected chi connectivity index (χ0v) is 11.1. The molecule has 0 bridgehead atoms. The number of anilines is 1. The molecule has 1 aromatic carbocycles. The van der Waals surface area contributed by atoms with E-state index in [2.05, 4.69) is 24.8 Å². The Labute approximate surface area is 109 Å². The third-order valence-corrected chi connectivity index (χ3v) is 3.22. The van der Waals surface area contributed by atoms with E-state index >= 15 is 0 Å². The molecular weight excluding hydrogens is 224 g/mol. The quantitative estimate of drug-likeness (QED) is 0.866. The Kier molecular flexibility index (Phi) is 3.88. The summed E-state index contributed by atoms with van der Waals surface area (Å²) >= 11 is 0. The van der Waals surface area contributed by atoms with Gasteiger partial charge in [-0.25, -0.2) is 0 Å². The van der Waals surface area contributed by atoms with Crippen LogP contribution in [0.2, 0.25) is 0 Å². The lowest BCUT2D eigenvalue weighted by Crippen LogP contribution is -2.30. The second-order valence-electron chi connectivity index (χ2n) is 5.40. The van der Waals surface area contributed by atoms with Gasteiger partial charge in [0.25, 0.3) is 0 Å². The second-order valence-corrected chi connectivity index (χ2v) is 5.40. The van der Waals surface area contributed by atoms with Gasteiger partial charge in [-0.05, 0) is 36.5 Å². The molecule has 0 amide bonds. The maximum atomic E-state index is 9.27. The van der Waals surface area contributed by atoms with Crippen molar-refractivity contribution in [2.45, 2.75) is 39.3 Å². The van der Waals surface area contributed by atoms with E-state index in [9.17, 15) is 5.26 Å². The number of benzene rings is 1. The first-order chi connectivity index (χ1) is 8.65. The van der Waals surface area contributed by atoms with E-state index in [0.29, 0.717) is 17.5 Å². The minimum Gasteiger partial charge on any atom is -0.392 e. The molecule has 0 radical (unpaired) electrons. The molecule has 1 aromatic rings. The van der Waals surface area contributed by atoms with E-state index in [0.717, 1.165) is 17.8 Å². The van der Waals surface area contributed by atoms with Crippen molar-refractivity contribution in [3.8, 4) is 6.07 Å². The summed E-state index contributed by atoms with van der Waals surface area (Å²) in [7, 11) is 0. The van der Waals surface area contributed by atoms with E-state index in [-0.39, 0.29) is 6.61 Å². The first kappa shape index (κ1) is 12.9. The molecule has 2 rings (SSSR count). The molecule has 0 unspecified atom stereocenters. The van der Waals surface area contributed by atoms with Gasteiger partial charge in [0.2, 0.25) is 0 Å². The van der Waals surface area contributed by atoms with Crippen LogP contribution in [0.5, 0.6) is 0 Å². The highest BCUT2D eigenvalue weighted by Gasteiger charge is 2.30. The zero-order valence-electron chi connectivity index (χ0n) is 11.1.